The van der Waals surface area contributed by atoms with E-state index in [-0.39, 0.29) is 6.61 Å². The topological polar surface area (TPSA) is 38.3 Å². The summed E-state index contributed by atoms with van der Waals surface area (Å²) < 4.78 is 19.1. The van der Waals surface area contributed by atoms with E-state index >= 15 is 0 Å². The molecule has 0 aliphatic carbocycles. The molecule has 0 saturated carbocycles. The number of halogens is 2. The zero-order chi connectivity index (χ0) is 15.1. The number of hydrogen-bond acceptors (Lipinski definition) is 2. The molecular formula is C16H15BrFNO2. The number of rotatable bonds is 5. The first-order valence-electron chi connectivity index (χ1n) is 6.47. The van der Waals surface area contributed by atoms with Crippen molar-refractivity contribution >= 4 is 22.0 Å². The van der Waals surface area contributed by atoms with E-state index in [9.17, 15) is 9.18 Å². The molecule has 0 saturated heterocycles. The molecule has 1 atom stereocenters. The predicted molar refractivity (Wildman–Crippen MR) is 82.6 cm³/mol. The maximum atomic E-state index is 13.1. The number of amides is 1. The number of benzene rings is 2. The van der Waals surface area contributed by atoms with Crippen LogP contribution in [0.3, 0.4) is 0 Å². The highest BCUT2D eigenvalue weighted by molar-refractivity contribution is 9.10. The van der Waals surface area contributed by atoms with Crippen molar-refractivity contribution in [3.8, 4) is 0 Å². The molecule has 0 heterocycles. The van der Waals surface area contributed by atoms with Crippen LogP contribution in [0, 0.1) is 0 Å². The smallest absolute Gasteiger partial charge is 0.408 e. The van der Waals surface area contributed by atoms with E-state index in [1.807, 2.05) is 30.3 Å². The number of alkyl halides is 1. The first-order chi connectivity index (χ1) is 10.2. The summed E-state index contributed by atoms with van der Waals surface area (Å²) in [6.07, 6.45) is -0.635. The van der Waals surface area contributed by atoms with E-state index in [4.69, 9.17) is 4.74 Å². The van der Waals surface area contributed by atoms with Crippen molar-refractivity contribution in [1.29, 1.82) is 0 Å². The van der Waals surface area contributed by atoms with Gasteiger partial charge in [0.1, 0.15) is 13.3 Å². The van der Waals surface area contributed by atoms with E-state index in [0.29, 0.717) is 5.56 Å². The SMILES string of the molecule is O=C(N[C@H](CF)c1ccc(Br)cc1)OCc1ccccc1. The monoisotopic (exact) mass is 351 g/mol. The van der Waals surface area contributed by atoms with Crippen LogP contribution < -0.4 is 5.32 Å². The molecule has 5 heteroatoms. The zero-order valence-corrected chi connectivity index (χ0v) is 12.8. The highest BCUT2D eigenvalue weighted by Gasteiger charge is 2.15. The number of nitrogens with one attached hydrogen (secondary N) is 1. The first-order valence-corrected chi connectivity index (χ1v) is 7.27. The van der Waals surface area contributed by atoms with Gasteiger partial charge in [0.05, 0.1) is 6.04 Å². The van der Waals surface area contributed by atoms with Crippen LogP contribution in [0.4, 0.5) is 9.18 Å². The Morgan fingerprint density at radius 2 is 1.81 bits per heavy atom. The van der Waals surface area contributed by atoms with Gasteiger partial charge in [-0.25, -0.2) is 9.18 Å². The van der Waals surface area contributed by atoms with E-state index < -0.39 is 18.8 Å². The quantitative estimate of drug-likeness (QED) is 0.867. The molecule has 2 aromatic rings. The van der Waals surface area contributed by atoms with Gasteiger partial charge < -0.3 is 10.1 Å². The van der Waals surface area contributed by atoms with E-state index in [1.165, 1.54) is 0 Å². The number of ether oxygens (including phenoxy) is 1. The van der Waals surface area contributed by atoms with Crippen molar-refractivity contribution < 1.29 is 13.9 Å². The summed E-state index contributed by atoms with van der Waals surface area (Å²) in [5.74, 6) is 0. The van der Waals surface area contributed by atoms with Crippen molar-refractivity contribution in [3.63, 3.8) is 0 Å². The Balaban J connectivity index is 1.89. The van der Waals surface area contributed by atoms with Crippen molar-refractivity contribution in [2.75, 3.05) is 6.67 Å². The molecule has 0 bridgehead atoms. The van der Waals surface area contributed by atoms with Gasteiger partial charge in [0.25, 0.3) is 0 Å². The lowest BCUT2D eigenvalue weighted by Gasteiger charge is -2.16. The lowest BCUT2D eigenvalue weighted by molar-refractivity contribution is 0.133. The van der Waals surface area contributed by atoms with Crippen LogP contribution in [0.25, 0.3) is 0 Å². The summed E-state index contributed by atoms with van der Waals surface area (Å²) in [5.41, 5.74) is 1.57. The number of hydrogen-bond donors (Lipinski definition) is 1. The third-order valence-electron chi connectivity index (χ3n) is 2.93. The van der Waals surface area contributed by atoms with E-state index in [2.05, 4.69) is 21.2 Å². The summed E-state index contributed by atoms with van der Waals surface area (Å²) in [7, 11) is 0. The second-order valence-corrected chi connectivity index (χ2v) is 5.38. The molecular weight excluding hydrogens is 337 g/mol. The minimum atomic E-state index is -0.707. The fourth-order valence-electron chi connectivity index (χ4n) is 1.81. The fraction of sp³-hybridized carbons (Fsp3) is 0.188. The van der Waals surface area contributed by atoms with Crippen molar-refractivity contribution in [1.82, 2.24) is 5.32 Å². The Kier molecular flexibility index (Phi) is 5.75. The van der Waals surface area contributed by atoms with Gasteiger partial charge >= 0.3 is 6.09 Å². The summed E-state index contributed by atoms with van der Waals surface area (Å²) in [5, 5.41) is 2.52. The van der Waals surface area contributed by atoms with Gasteiger partial charge in [-0.05, 0) is 23.3 Å². The molecule has 0 unspecified atom stereocenters. The van der Waals surface area contributed by atoms with E-state index in [1.54, 1.807) is 24.3 Å². The molecule has 0 spiro atoms. The molecule has 0 aromatic heterocycles. The molecule has 2 rings (SSSR count). The molecule has 1 N–H and O–H groups in total. The Labute approximate surface area is 131 Å². The summed E-state index contributed by atoms with van der Waals surface area (Å²) >= 11 is 3.31. The molecule has 0 aliphatic heterocycles. The minimum Gasteiger partial charge on any atom is -0.445 e. The summed E-state index contributed by atoms with van der Waals surface area (Å²) in [6, 6.07) is 15.7. The highest BCUT2D eigenvalue weighted by Crippen LogP contribution is 2.17. The van der Waals surface area contributed by atoms with Crippen LogP contribution in [0.5, 0.6) is 0 Å². The Hall–Kier alpha value is -1.88. The molecule has 0 aliphatic rings. The highest BCUT2D eigenvalue weighted by atomic mass is 79.9. The Morgan fingerprint density at radius 3 is 2.43 bits per heavy atom. The zero-order valence-electron chi connectivity index (χ0n) is 11.3. The standard InChI is InChI=1S/C16H15BrFNO2/c17-14-8-6-13(7-9-14)15(10-18)19-16(20)21-11-12-4-2-1-3-5-12/h1-9,15H,10-11H2,(H,19,20)/t15-/m1/s1. The third-order valence-corrected chi connectivity index (χ3v) is 3.46. The second kappa shape index (κ2) is 7.78. The largest absolute Gasteiger partial charge is 0.445 e. The predicted octanol–water partition coefficient (Wildman–Crippen LogP) is 4.39. The van der Waals surface area contributed by atoms with Gasteiger partial charge in [-0.2, -0.15) is 0 Å². The fourth-order valence-corrected chi connectivity index (χ4v) is 2.08. The Bertz CT molecular complexity index is 575. The summed E-state index contributed by atoms with van der Waals surface area (Å²) in [4.78, 5) is 11.7. The van der Waals surface area contributed by atoms with E-state index in [0.717, 1.165) is 10.0 Å². The number of carbonyl (C=O) groups is 1. The maximum Gasteiger partial charge on any atom is 0.408 e. The van der Waals surface area contributed by atoms with Gasteiger partial charge in [-0.15, -0.1) is 0 Å². The van der Waals surface area contributed by atoms with Crippen LogP contribution in [0.1, 0.15) is 17.2 Å². The van der Waals surface area contributed by atoms with Gasteiger partial charge in [0.15, 0.2) is 0 Å². The average Bonchev–Trinajstić information content (AvgIpc) is 2.52. The molecule has 0 radical (unpaired) electrons. The normalized spacial score (nSPS) is 11.7. The van der Waals surface area contributed by atoms with Crippen LogP contribution >= 0.6 is 15.9 Å². The van der Waals surface area contributed by atoms with Crippen LogP contribution in [-0.4, -0.2) is 12.8 Å². The number of alkyl carbamates (subject to hydrolysis) is 1. The Morgan fingerprint density at radius 1 is 1.14 bits per heavy atom. The van der Waals surface area contributed by atoms with Gasteiger partial charge in [0, 0.05) is 4.47 Å². The van der Waals surface area contributed by atoms with Crippen molar-refractivity contribution in [3.05, 3.63) is 70.2 Å². The first kappa shape index (κ1) is 15.5. The van der Waals surface area contributed by atoms with Gasteiger partial charge in [0.2, 0.25) is 0 Å². The van der Waals surface area contributed by atoms with Crippen molar-refractivity contribution in [2.24, 2.45) is 0 Å². The van der Waals surface area contributed by atoms with Gasteiger partial charge in [-0.3, -0.25) is 0 Å². The van der Waals surface area contributed by atoms with Crippen LogP contribution in [0.2, 0.25) is 0 Å². The molecule has 0 fully saturated rings. The molecule has 2 aromatic carbocycles. The molecule has 21 heavy (non-hydrogen) atoms. The second-order valence-electron chi connectivity index (χ2n) is 4.46. The van der Waals surface area contributed by atoms with Crippen molar-refractivity contribution in [2.45, 2.75) is 12.6 Å². The molecule has 1 amide bonds. The summed E-state index contributed by atoms with van der Waals surface area (Å²) in [6.45, 7) is -0.534. The molecule has 110 valence electrons. The lowest BCUT2D eigenvalue weighted by Crippen LogP contribution is -2.30. The minimum absolute atomic E-state index is 0.159. The van der Waals surface area contributed by atoms with Gasteiger partial charge in [-0.1, -0.05) is 58.4 Å². The third kappa shape index (κ3) is 4.86. The lowest BCUT2D eigenvalue weighted by atomic mass is 10.1. The average molecular weight is 352 g/mol. The number of carbonyl (C=O) groups excluding carboxylic acids is 1. The molecule has 3 nitrogen and oxygen atoms in total. The van der Waals surface area contributed by atoms with Crippen LogP contribution in [0.15, 0.2) is 59.1 Å². The maximum absolute atomic E-state index is 13.1. The van der Waals surface area contributed by atoms with Crippen LogP contribution in [-0.2, 0) is 11.3 Å².